The van der Waals surface area contributed by atoms with E-state index < -0.39 is 0 Å². The molecule has 20 heavy (non-hydrogen) atoms. The molecule has 0 saturated heterocycles. The van der Waals surface area contributed by atoms with Gasteiger partial charge in [-0.1, -0.05) is 24.3 Å². The minimum absolute atomic E-state index is 0.289. The van der Waals surface area contributed by atoms with E-state index in [1.165, 1.54) is 16.7 Å². The van der Waals surface area contributed by atoms with E-state index in [0.29, 0.717) is 0 Å². The summed E-state index contributed by atoms with van der Waals surface area (Å²) in [6, 6.07) is 10.9. The molecule has 0 aliphatic carbocycles. The number of pyridine rings is 1. The SMILES string of the molecule is CNC(CCc1ccccc1C)c1cncc(OC)c1. The summed E-state index contributed by atoms with van der Waals surface area (Å²) in [6.07, 6.45) is 5.73. The lowest BCUT2D eigenvalue weighted by Crippen LogP contribution is -2.17. The molecular weight excluding hydrogens is 248 g/mol. The molecule has 1 unspecified atom stereocenters. The van der Waals surface area contributed by atoms with E-state index >= 15 is 0 Å². The van der Waals surface area contributed by atoms with Crippen LogP contribution in [0.4, 0.5) is 0 Å². The van der Waals surface area contributed by atoms with Gasteiger partial charge in [0.25, 0.3) is 0 Å². The number of hydrogen-bond donors (Lipinski definition) is 1. The number of rotatable bonds is 6. The molecule has 0 fully saturated rings. The van der Waals surface area contributed by atoms with Crippen molar-refractivity contribution in [3.63, 3.8) is 0 Å². The zero-order chi connectivity index (χ0) is 14.4. The van der Waals surface area contributed by atoms with Crippen LogP contribution in [0.25, 0.3) is 0 Å². The molecule has 106 valence electrons. The van der Waals surface area contributed by atoms with Crippen molar-refractivity contribution < 1.29 is 4.74 Å². The Kier molecular flexibility index (Phi) is 5.13. The van der Waals surface area contributed by atoms with Gasteiger partial charge in [-0.25, -0.2) is 0 Å². The Labute approximate surface area is 121 Å². The van der Waals surface area contributed by atoms with Gasteiger partial charge in [0.1, 0.15) is 5.75 Å². The molecule has 0 aliphatic heterocycles. The second kappa shape index (κ2) is 7.06. The van der Waals surface area contributed by atoms with Gasteiger partial charge >= 0.3 is 0 Å². The Morgan fingerprint density at radius 3 is 2.75 bits per heavy atom. The molecule has 1 aromatic carbocycles. The Balaban J connectivity index is 2.07. The van der Waals surface area contributed by atoms with Gasteiger partial charge in [-0.3, -0.25) is 4.98 Å². The first kappa shape index (κ1) is 14.5. The fourth-order valence-corrected chi connectivity index (χ4v) is 2.41. The second-order valence-corrected chi connectivity index (χ2v) is 4.96. The maximum Gasteiger partial charge on any atom is 0.137 e. The second-order valence-electron chi connectivity index (χ2n) is 4.96. The van der Waals surface area contributed by atoms with E-state index in [1.54, 1.807) is 13.3 Å². The fourth-order valence-electron chi connectivity index (χ4n) is 2.41. The number of methoxy groups -OCH3 is 1. The Hall–Kier alpha value is -1.87. The number of aryl methyl sites for hydroxylation is 2. The van der Waals surface area contributed by atoms with Crippen LogP contribution in [0.1, 0.15) is 29.2 Å². The normalized spacial score (nSPS) is 12.2. The molecule has 2 rings (SSSR count). The number of nitrogens with one attached hydrogen (secondary N) is 1. The standard InChI is InChI=1S/C17H22N2O/c1-13-6-4-5-7-14(13)8-9-17(18-2)15-10-16(20-3)12-19-11-15/h4-7,10-12,17-18H,8-9H2,1-3H3. The summed E-state index contributed by atoms with van der Waals surface area (Å²) in [5.41, 5.74) is 3.93. The minimum atomic E-state index is 0.289. The van der Waals surface area contributed by atoms with Crippen LogP contribution >= 0.6 is 0 Å². The first-order valence-corrected chi connectivity index (χ1v) is 6.95. The van der Waals surface area contributed by atoms with Gasteiger partial charge in [0.15, 0.2) is 0 Å². The monoisotopic (exact) mass is 270 g/mol. The maximum atomic E-state index is 5.24. The van der Waals surface area contributed by atoms with Crippen molar-refractivity contribution >= 4 is 0 Å². The average Bonchev–Trinajstić information content (AvgIpc) is 2.50. The number of nitrogens with zero attached hydrogens (tertiary/aromatic N) is 1. The summed E-state index contributed by atoms with van der Waals surface area (Å²) in [4.78, 5) is 4.23. The predicted octanol–water partition coefficient (Wildman–Crippen LogP) is 3.29. The zero-order valence-electron chi connectivity index (χ0n) is 12.4. The van der Waals surface area contributed by atoms with E-state index in [-0.39, 0.29) is 6.04 Å². The van der Waals surface area contributed by atoms with Crippen LogP contribution in [0.15, 0.2) is 42.7 Å². The van der Waals surface area contributed by atoms with Crippen molar-refractivity contribution in [1.82, 2.24) is 10.3 Å². The highest BCUT2D eigenvalue weighted by molar-refractivity contribution is 5.28. The number of hydrogen-bond acceptors (Lipinski definition) is 3. The highest BCUT2D eigenvalue weighted by Crippen LogP contribution is 2.22. The Bertz CT molecular complexity index is 554. The molecule has 0 aliphatic rings. The zero-order valence-corrected chi connectivity index (χ0v) is 12.4. The summed E-state index contributed by atoms with van der Waals surface area (Å²) >= 11 is 0. The number of ether oxygens (including phenoxy) is 1. The van der Waals surface area contributed by atoms with Crippen molar-refractivity contribution in [1.29, 1.82) is 0 Å². The Morgan fingerprint density at radius 2 is 2.05 bits per heavy atom. The molecule has 3 heteroatoms. The van der Waals surface area contributed by atoms with Gasteiger partial charge in [-0.2, -0.15) is 0 Å². The molecule has 1 aromatic heterocycles. The summed E-state index contributed by atoms with van der Waals surface area (Å²) in [6.45, 7) is 2.16. The third-order valence-corrected chi connectivity index (χ3v) is 3.68. The van der Waals surface area contributed by atoms with Crippen LogP contribution in [-0.2, 0) is 6.42 Å². The maximum absolute atomic E-state index is 5.24. The molecule has 1 heterocycles. The van der Waals surface area contributed by atoms with Gasteiger partial charge in [-0.05, 0) is 49.6 Å². The summed E-state index contributed by atoms with van der Waals surface area (Å²) in [7, 11) is 3.66. The molecule has 0 saturated carbocycles. The average molecular weight is 270 g/mol. The van der Waals surface area contributed by atoms with E-state index in [9.17, 15) is 0 Å². The molecule has 0 amide bonds. The van der Waals surface area contributed by atoms with Crippen LogP contribution in [0.2, 0.25) is 0 Å². The highest BCUT2D eigenvalue weighted by atomic mass is 16.5. The van der Waals surface area contributed by atoms with E-state index in [4.69, 9.17) is 4.74 Å². The molecule has 1 atom stereocenters. The lowest BCUT2D eigenvalue weighted by atomic mass is 9.98. The molecular formula is C17H22N2O. The minimum Gasteiger partial charge on any atom is -0.495 e. The first-order chi connectivity index (χ1) is 9.74. The van der Waals surface area contributed by atoms with Gasteiger partial charge in [0, 0.05) is 12.2 Å². The van der Waals surface area contributed by atoms with Crippen molar-refractivity contribution in [2.75, 3.05) is 14.2 Å². The molecule has 0 spiro atoms. The van der Waals surface area contributed by atoms with Gasteiger partial charge in [0.2, 0.25) is 0 Å². The molecule has 0 bridgehead atoms. The van der Waals surface area contributed by atoms with Crippen molar-refractivity contribution in [3.8, 4) is 5.75 Å². The van der Waals surface area contributed by atoms with Crippen LogP contribution in [0, 0.1) is 6.92 Å². The third kappa shape index (κ3) is 3.58. The van der Waals surface area contributed by atoms with E-state index in [0.717, 1.165) is 18.6 Å². The van der Waals surface area contributed by atoms with Crippen LogP contribution < -0.4 is 10.1 Å². The molecule has 3 nitrogen and oxygen atoms in total. The van der Waals surface area contributed by atoms with Crippen molar-refractivity contribution in [2.24, 2.45) is 0 Å². The topological polar surface area (TPSA) is 34.2 Å². The lowest BCUT2D eigenvalue weighted by molar-refractivity contribution is 0.410. The van der Waals surface area contributed by atoms with Crippen LogP contribution in [0.5, 0.6) is 5.75 Å². The van der Waals surface area contributed by atoms with Crippen molar-refractivity contribution in [2.45, 2.75) is 25.8 Å². The third-order valence-electron chi connectivity index (χ3n) is 3.68. The van der Waals surface area contributed by atoms with Gasteiger partial charge < -0.3 is 10.1 Å². The first-order valence-electron chi connectivity index (χ1n) is 6.95. The summed E-state index contributed by atoms with van der Waals surface area (Å²) in [5.74, 6) is 0.804. The summed E-state index contributed by atoms with van der Waals surface area (Å²) in [5, 5.41) is 3.36. The van der Waals surface area contributed by atoms with Crippen LogP contribution in [-0.4, -0.2) is 19.1 Å². The van der Waals surface area contributed by atoms with E-state index in [1.807, 2.05) is 19.3 Å². The van der Waals surface area contributed by atoms with Crippen molar-refractivity contribution in [3.05, 3.63) is 59.4 Å². The Morgan fingerprint density at radius 1 is 1.25 bits per heavy atom. The molecule has 2 aromatic rings. The number of benzene rings is 1. The van der Waals surface area contributed by atoms with E-state index in [2.05, 4.69) is 41.5 Å². The molecule has 0 radical (unpaired) electrons. The quantitative estimate of drug-likeness (QED) is 0.874. The largest absolute Gasteiger partial charge is 0.495 e. The smallest absolute Gasteiger partial charge is 0.137 e. The van der Waals surface area contributed by atoms with Gasteiger partial charge in [-0.15, -0.1) is 0 Å². The van der Waals surface area contributed by atoms with Gasteiger partial charge in [0.05, 0.1) is 13.3 Å². The molecule has 1 N–H and O–H groups in total. The fraction of sp³-hybridized carbons (Fsp3) is 0.353. The predicted molar refractivity (Wildman–Crippen MR) is 82.1 cm³/mol. The summed E-state index contributed by atoms with van der Waals surface area (Å²) < 4.78 is 5.24. The lowest BCUT2D eigenvalue weighted by Gasteiger charge is -2.17. The number of aromatic nitrogens is 1. The highest BCUT2D eigenvalue weighted by Gasteiger charge is 2.11. The van der Waals surface area contributed by atoms with Crippen LogP contribution in [0.3, 0.4) is 0 Å².